The lowest BCUT2D eigenvalue weighted by Gasteiger charge is -1.94. The Labute approximate surface area is 145 Å². The third-order valence-corrected chi connectivity index (χ3v) is 4.75. The number of aromatic nitrogens is 4. The predicted molar refractivity (Wildman–Crippen MR) is 93.5 cm³/mol. The first kappa shape index (κ1) is 15.2. The molecular weight excluding hydrogens is 342 g/mol. The lowest BCUT2D eigenvalue weighted by Crippen LogP contribution is -1.98. The first-order valence-corrected chi connectivity index (χ1v) is 8.03. The fourth-order valence-electron chi connectivity index (χ4n) is 2.43. The fraction of sp³-hybridized carbons (Fsp3) is 0.0625. The van der Waals surface area contributed by atoms with Crippen LogP contribution in [-0.4, -0.2) is 31.8 Å². The van der Waals surface area contributed by atoms with Crippen LogP contribution in [0.5, 0.6) is 5.06 Å². The van der Waals surface area contributed by atoms with Gasteiger partial charge in [0.2, 0.25) is 0 Å². The predicted octanol–water partition coefficient (Wildman–Crippen LogP) is 2.57. The second-order valence-corrected chi connectivity index (χ2v) is 6.25. The Hall–Kier alpha value is -3.33. The Morgan fingerprint density at radius 2 is 1.96 bits per heavy atom. The van der Waals surface area contributed by atoms with Gasteiger partial charge >= 0.3 is 0 Å². The lowest BCUT2D eigenvalue weighted by atomic mass is 10.2. The smallest absolute Gasteiger partial charge is 0.269 e. The largest absolute Gasteiger partial charge is 0.487 e. The molecule has 0 atom stereocenters. The molecule has 9 heteroatoms. The summed E-state index contributed by atoms with van der Waals surface area (Å²) in [5.41, 5.74) is 1.95. The SMILES string of the molecule is C=c1c(-c2ccc(OC)s2)nn2nc(-c3ccc([N+](=O)[O-])cc3)nc12. The summed E-state index contributed by atoms with van der Waals surface area (Å²) >= 11 is 1.47. The molecule has 0 aliphatic heterocycles. The molecule has 0 aliphatic carbocycles. The first-order chi connectivity index (χ1) is 12.1. The van der Waals surface area contributed by atoms with Crippen LogP contribution in [0.25, 0.3) is 34.2 Å². The van der Waals surface area contributed by atoms with Crippen molar-refractivity contribution < 1.29 is 9.66 Å². The molecule has 25 heavy (non-hydrogen) atoms. The molecule has 0 amide bonds. The van der Waals surface area contributed by atoms with E-state index in [1.54, 1.807) is 19.2 Å². The minimum absolute atomic E-state index is 0.0202. The van der Waals surface area contributed by atoms with E-state index in [1.165, 1.54) is 28.1 Å². The number of thiophene rings is 1. The second kappa shape index (κ2) is 5.64. The van der Waals surface area contributed by atoms with E-state index in [-0.39, 0.29) is 5.69 Å². The Morgan fingerprint density at radius 1 is 1.20 bits per heavy atom. The molecule has 0 fully saturated rings. The topological polar surface area (TPSA) is 95.5 Å². The van der Waals surface area contributed by atoms with Crippen LogP contribution in [0.2, 0.25) is 0 Å². The Morgan fingerprint density at radius 3 is 2.56 bits per heavy atom. The van der Waals surface area contributed by atoms with Gasteiger partial charge in [-0.3, -0.25) is 10.1 Å². The molecular formula is C16H11N5O3S. The minimum Gasteiger partial charge on any atom is -0.487 e. The van der Waals surface area contributed by atoms with Crippen molar-refractivity contribution in [3.8, 4) is 27.0 Å². The summed E-state index contributed by atoms with van der Waals surface area (Å²) in [5.74, 6) is 0.442. The Bertz CT molecular complexity index is 1130. The Balaban J connectivity index is 1.74. The monoisotopic (exact) mass is 353 g/mol. The van der Waals surface area contributed by atoms with E-state index in [4.69, 9.17) is 4.74 Å². The van der Waals surface area contributed by atoms with Crippen LogP contribution in [0.3, 0.4) is 0 Å². The zero-order chi connectivity index (χ0) is 17.6. The third-order valence-electron chi connectivity index (χ3n) is 3.69. The number of hydrogen-bond acceptors (Lipinski definition) is 7. The summed E-state index contributed by atoms with van der Waals surface area (Å²) in [6.07, 6.45) is 0. The molecule has 0 aliphatic rings. The van der Waals surface area contributed by atoms with Gasteiger partial charge in [0, 0.05) is 22.9 Å². The quantitative estimate of drug-likeness (QED) is 0.413. The molecule has 124 valence electrons. The molecule has 0 saturated heterocycles. The zero-order valence-electron chi connectivity index (χ0n) is 13.0. The molecule has 0 radical (unpaired) electrons. The van der Waals surface area contributed by atoms with Crippen LogP contribution in [-0.2, 0) is 0 Å². The number of nitro groups is 1. The van der Waals surface area contributed by atoms with Crippen molar-refractivity contribution in [1.82, 2.24) is 19.8 Å². The standard InChI is InChI=1S/C16H11N5O3S/c1-9-14(12-7-8-13(24-2)25-12)18-20-16(9)17-15(19-20)10-3-5-11(6-4-10)21(22)23/h3-8H,1H2,2H3. The van der Waals surface area contributed by atoms with Gasteiger partial charge < -0.3 is 4.74 Å². The maximum Gasteiger partial charge on any atom is 0.269 e. The van der Waals surface area contributed by atoms with Gasteiger partial charge in [0.1, 0.15) is 5.69 Å². The van der Waals surface area contributed by atoms with Gasteiger partial charge in [0.15, 0.2) is 16.5 Å². The zero-order valence-corrected chi connectivity index (χ0v) is 13.9. The fourth-order valence-corrected chi connectivity index (χ4v) is 3.27. The number of nitro benzene ring substituents is 1. The van der Waals surface area contributed by atoms with E-state index >= 15 is 0 Å². The van der Waals surface area contributed by atoms with Gasteiger partial charge in [-0.15, -0.1) is 14.8 Å². The molecule has 4 aromatic rings. The van der Waals surface area contributed by atoms with Crippen LogP contribution in [0.15, 0.2) is 36.4 Å². The number of benzene rings is 1. The van der Waals surface area contributed by atoms with Crippen LogP contribution < -0.4 is 9.96 Å². The van der Waals surface area contributed by atoms with Gasteiger partial charge in [-0.05, 0) is 24.3 Å². The van der Waals surface area contributed by atoms with Gasteiger partial charge in [-0.2, -0.15) is 0 Å². The summed E-state index contributed by atoms with van der Waals surface area (Å²) in [5, 5.41) is 21.0. The molecule has 0 bridgehead atoms. The van der Waals surface area contributed by atoms with Crippen LogP contribution in [0.1, 0.15) is 0 Å². The van der Waals surface area contributed by atoms with Gasteiger partial charge in [0.25, 0.3) is 5.69 Å². The van der Waals surface area contributed by atoms with Crippen molar-refractivity contribution in [2.45, 2.75) is 0 Å². The van der Waals surface area contributed by atoms with E-state index in [1.807, 2.05) is 12.1 Å². The van der Waals surface area contributed by atoms with Crippen molar-refractivity contribution >= 4 is 29.3 Å². The van der Waals surface area contributed by atoms with Crippen molar-refractivity contribution in [1.29, 1.82) is 0 Å². The number of nitrogens with zero attached hydrogens (tertiary/aromatic N) is 5. The van der Waals surface area contributed by atoms with Crippen molar-refractivity contribution in [3.05, 3.63) is 51.7 Å². The second-order valence-electron chi connectivity index (χ2n) is 5.20. The average Bonchev–Trinajstić information content (AvgIpc) is 3.31. The number of hydrogen-bond donors (Lipinski definition) is 0. The lowest BCUT2D eigenvalue weighted by molar-refractivity contribution is -0.384. The maximum atomic E-state index is 10.7. The molecule has 8 nitrogen and oxygen atoms in total. The minimum atomic E-state index is -0.446. The molecule has 0 unspecified atom stereocenters. The van der Waals surface area contributed by atoms with Crippen molar-refractivity contribution in [2.75, 3.05) is 7.11 Å². The molecule has 0 N–H and O–H groups in total. The number of methoxy groups -OCH3 is 1. The molecule has 1 aromatic carbocycles. The van der Waals surface area contributed by atoms with Gasteiger partial charge in [0.05, 0.1) is 16.9 Å². The summed E-state index contributed by atoms with van der Waals surface area (Å²) in [6.45, 7) is 4.06. The van der Waals surface area contributed by atoms with E-state index in [0.29, 0.717) is 27.9 Å². The maximum absolute atomic E-state index is 10.7. The third kappa shape index (κ3) is 2.50. The number of ether oxygens (including phenoxy) is 1. The molecule has 3 heterocycles. The van der Waals surface area contributed by atoms with E-state index in [9.17, 15) is 10.1 Å². The highest BCUT2D eigenvalue weighted by molar-refractivity contribution is 7.17. The number of rotatable bonds is 4. The van der Waals surface area contributed by atoms with E-state index in [0.717, 1.165) is 9.94 Å². The summed E-state index contributed by atoms with van der Waals surface area (Å²) in [4.78, 5) is 15.7. The van der Waals surface area contributed by atoms with E-state index < -0.39 is 4.92 Å². The normalized spacial score (nSPS) is 11.1. The highest BCUT2D eigenvalue weighted by Gasteiger charge is 2.16. The van der Waals surface area contributed by atoms with E-state index in [2.05, 4.69) is 21.8 Å². The first-order valence-electron chi connectivity index (χ1n) is 7.21. The van der Waals surface area contributed by atoms with Crippen molar-refractivity contribution in [2.24, 2.45) is 0 Å². The van der Waals surface area contributed by atoms with Crippen LogP contribution >= 0.6 is 11.3 Å². The van der Waals surface area contributed by atoms with Gasteiger partial charge in [-0.1, -0.05) is 17.9 Å². The van der Waals surface area contributed by atoms with Crippen LogP contribution in [0, 0.1) is 10.1 Å². The number of fused-ring (bicyclic) bond motifs is 1. The van der Waals surface area contributed by atoms with Crippen LogP contribution in [0.4, 0.5) is 5.69 Å². The van der Waals surface area contributed by atoms with Gasteiger partial charge in [-0.25, -0.2) is 4.98 Å². The summed E-state index contributed by atoms with van der Waals surface area (Å²) < 4.78 is 6.63. The summed E-state index contributed by atoms with van der Waals surface area (Å²) in [6, 6.07) is 9.84. The Kier molecular flexibility index (Phi) is 3.43. The summed E-state index contributed by atoms with van der Waals surface area (Å²) in [7, 11) is 1.62. The molecule has 0 saturated carbocycles. The molecule has 0 spiro atoms. The molecule has 4 rings (SSSR count). The average molecular weight is 353 g/mol. The molecule has 3 aromatic heterocycles. The highest BCUT2D eigenvalue weighted by atomic mass is 32.1. The highest BCUT2D eigenvalue weighted by Crippen LogP contribution is 2.30. The van der Waals surface area contributed by atoms with Crippen molar-refractivity contribution in [3.63, 3.8) is 0 Å². The number of non-ortho nitro benzene ring substituents is 1.